The van der Waals surface area contributed by atoms with Gasteiger partial charge in [-0.2, -0.15) is 0 Å². The summed E-state index contributed by atoms with van der Waals surface area (Å²) in [5.74, 6) is -0.264. The zero-order chi connectivity index (χ0) is 21.2. The van der Waals surface area contributed by atoms with Crippen molar-refractivity contribution in [2.45, 2.75) is 18.6 Å². The van der Waals surface area contributed by atoms with Crippen LogP contribution in [0, 0.1) is 5.82 Å². The van der Waals surface area contributed by atoms with Crippen LogP contribution >= 0.6 is 12.2 Å². The molecular weight excluding hydrogens is 407 g/mol. The predicted molar refractivity (Wildman–Crippen MR) is 123 cm³/mol. The Hall–Kier alpha value is -3.51. The first-order valence-corrected chi connectivity index (χ1v) is 10.6. The van der Waals surface area contributed by atoms with Crippen LogP contribution in [0.2, 0.25) is 0 Å². The number of benzene rings is 2. The molecule has 1 aliphatic rings. The molecule has 4 nitrogen and oxygen atoms in total. The molecule has 2 atom stereocenters. The number of pyridine rings is 1. The van der Waals surface area contributed by atoms with Crippen molar-refractivity contribution in [1.82, 2.24) is 19.8 Å². The van der Waals surface area contributed by atoms with E-state index < -0.39 is 0 Å². The molecule has 6 heteroatoms. The van der Waals surface area contributed by atoms with Gasteiger partial charge in [-0.15, -0.1) is 0 Å². The van der Waals surface area contributed by atoms with E-state index in [1.165, 1.54) is 11.6 Å². The third-order valence-corrected chi connectivity index (χ3v) is 5.92. The van der Waals surface area contributed by atoms with Crippen LogP contribution in [0.1, 0.15) is 29.0 Å². The third-order valence-electron chi connectivity index (χ3n) is 5.56. The minimum atomic E-state index is -0.264. The normalized spacial score (nSPS) is 18.2. The Morgan fingerprint density at radius 1 is 0.935 bits per heavy atom. The minimum absolute atomic E-state index is 0.110. The highest BCUT2D eigenvalue weighted by atomic mass is 32.1. The molecule has 1 aliphatic heterocycles. The summed E-state index contributed by atoms with van der Waals surface area (Å²) >= 11 is 5.77. The molecule has 3 heterocycles. The Morgan fingerprint density at radius 2 is 1.77 bits per heavy atom. The Kier molecular flexibility index (Phi) is 5.22. The molecule has 2 aromatic heterocycles. The van der Waals surface area contributed by atoms with Gasteiger partial charge >= 0.3 is 0 Å². The predicted octanol–water partition coefficient (Wildman–Crippen LogP) is 5.18. The fraction of sp³-hybridized carbons (Fsp3) is 0.120. The number of nitrogens with one attached hydrogen (secondary N) is 1. The van der Waals surface area contributed by atoms with Crippen molar-refractivity contribution in [3.63, 3.8) is 0 Å². The molecule has 2 unspecified atom stereocenters. The monoisotopic (exact) mass is 428 g/mol. The number of rotatable bonds is 5. The van der Waals surface area contributed by atoms with Gasteiger partial charge in [0, 0.05) is 30.3 Å². The molecule has 0 saturated carbocycles. The first-order valence-electron chi connectivity index (χ1n) is 10.2. The number of hydrogen-bond acceptors (Lipinski definition) is 2. The molecule has 154 valence electrons. The zero-order valence-electron chi connectivity index (χ0n) is 16.7. The van der Waals surface area contributed by atoms with E-state index in [0.717, 1.165) is 17.1 Å². The van der Waals surface area contributed by atoms with Crippen LogP contribution in [0.5, 0.6) is 0 Å². The highest BCUT2D eigenvalue weighted by Crippen LogP contribution is 2.40. The number of hydrogen-bond donors (Lipinski definition) is 1. The van der Waals surface area contributed by atoms with E-state index in [4.69, 9.17) is 12.2 Å². The summed E-state index contributed by atoms with van der Waals surface area (Å²) in [6.45, 7) is 0.662. The van der Waals surface area contributed by atoms with Crippen molar-refractivity contribution in [3.05, 3.63) is 120 Å². The maximum absolute atomic E-state index is 14.0. The molecule has 0 bridgehead atoms. The van der Waals surface area contributed by atoms with Gasteiger partial charge in [0.2, 0.25) is 0 Å². The van der Waals surface area contributed by atoms with Crippen molar-refractivity contribution in [2.75, 3.05) is 0 Å². The molecule has 0 amide bonds. The van der Waals surface area contributed by atoms with E-state index in [2.05, 4.69) is 33.4 Å². The summed E-state index contributed by atoms with van der Waals surface area (Å²) in [6, 6.07) is 26.6. The maximum Gasteiger partial charge on any atom is 0.170 e. The molecule has 0 spiro atoms. The molecule has 0 radical (unpaired) electrons. The van der Waals surface area contributed by atoms with Crippen LogP contribution in [-0.4, -0.2) is 19.6 Å². The summed E-state index contributed by atoms with van der Waals surface area (Å²) < 4.78 is 16.0. The van der Waals surface area contributed by atoms with E-state index in [9.17, 15) is 4.39 Å². The van der Waals surface area contributed by atoms with E-state index in [1.54, 1.807) is 18.3 Å². The van der Waals surface area contributed by atoms with E-state index in [-0.39, 0.29) is 17.9 Å². The Morgan fingerprint density at radius 3 is 2.55 bits per heavy atom. The zero-order valence-corrected chi connectivity index (χ0v) is 17.5. The van der Waals surface area contributed by atoms with E-state index in [1.807, 2.05) is 59.3 Å². The lowest BCUT2D eigenvalue weighted by Crippen LogP contribution is -2.30. The van der Waals surface area contributed by atoms with Gasteiger partial charge in [-0.1, -0.05) is 42.5 Å². The van der Waals surface area contributed by atoms with Crippen LogP contribution in [0.15, 0.2) is 97.3 Å². The second-order valence-corrected chi connectivity index (χ2v) is 7.91. The van der Waals surface area contributed by atoms with Crippen LogP contribution in [0.4, 0.5) is 4.39 Å². The maximum atomic E-state index is 14.0. The van der Waals surface area contributed by atoms with Crippen LogP contribution in [0.3, 0.4) is 0 Å². The van der Waals surface area contributed by atoms with Crippen molar-refractivity contribution in [1.29, 1.82) is 0 Å². The Labute approximate surface area is 186 Å². The van der Waals surface area contributed by atoms with Crippen LogP contribution < -0.4 is 5.32 Å². The second-order valence-electron chi connectivity index (χ2n) is 7.52. The van der Waals surface area contributed by atoms with Crippen LogP contribution in [0.25, 0.3) is 5.69 Å². The van der Waals surface area contributed by atoms with Gasteiger partial charge in [-0.25, -0.2) is 4.39 Å². The molecule has 1 fully saturated rings. The molecule has 1 saturated heterocycles. The highest BCUT2D eigenvalue weighted by molar-refractivity contribution is 7.80. The van der Waals surface area contributed by atoms with Gasteiger partial charge in [0.15, 0.2) is 5.11 Å². The minimum Gasteiger partial charge on any atom is -0.352 e. The summed E-state index contributed by atoms with van der Waals surface area (Å²) in [6.07, 6.45) is 3.75. The molecule has 1 N–H and O–H groups in total. The van der Waals surface area contributed by atoms with Gasteiger partial charge in [0.05, 0.1) is 17.8 Å². The van der Waals surface area contributed by atoms with Crippen molar-refractivity contribution < 1.29 is 4.39 Å². The molecule has 4 aromatic rings. The number of halogens is 1. The largest absolute Gasteiger partial charge is 0.352 e. The summed E-state index contributed by atoms with van der Waals surface area (Å²) in [5.41, 5.74) is 3.88. The van der Waals surface area contributed by atoms with E-state index >= 15 is 0 Å². The summed E-state index contributed by atoms with van der Waals surface area (Å²) in [4.78, 5) is 6.78. The first kappa shape index (κ1) is 19.5. The van der Waals surface area contributed by atoms with E-state index in [0.29, 0.717) is 11.7 Å². The molecule has 5 rings (SSSR count). The first-order chi connectivity index (χ1) is 15.2. The standard InChI is InChI=1S/C25H21FN4S/c26-19-10-6-11-20(16-19)29-15-7-13-22(29)24-23(21-12-4-5-14-27-21)28-25(31)30(24)17-18-8-2-1-3-9-18/h1-16,23-24H,17H2,(H,28,31). The van der Waals surface area contributed by atoms with Crippen LogP contribution in [-0.2, 0) is 6.54 Å². The lowest BCUT2D eigenvalue weighted by atomic mass is 10.0. The lowest BCUT2D eigenvalue weighted by Gasteiger charge is -2.29. The lowest BCUT2D eigenvalue weighted by molar-refractivity contribution is 0.302. The van der Waals surface area contributed by atoms with Gasteiger partial charge in [-0.3, -0.25) is 4.98 Å². The van der Waals surface area contributed by atoms with Gasteiger partial charge < -0.3 is 14.8 Å². The Bertz CT molecular complexity index is 1190. The molecule has 0 aliphatic carbocycles. The van der Waals surface area contributed by atoms with Crippen molar-refractivity contribution in [3.8, 4) is 5.69 Å². The average Bonchev–Trinajstić information content (AvgIpc) is 3.40. The summed E-state index contributed by atoms with van der Waals surface area (Å²) in [5, 5.41) is 4.15. The smallest absolute Gasteiger partial charge is 0.170 e. The van der Waals surface area contributed by atoms with Gasteiger partial charge in [0.25, 0.3) is 0 Å². The molecule has 2 aromatic carbocycles. The topological polar surface area (TPSA) is 33.1 Å². The average molecular weight is 429 g/mol. The fourth-order valence-corrected chi connectivity index (χ4v) is 4.48. The third kappa shape index (κ3) is 3.82. The quantitative estimate of drug-likeness (QED) is 0.444. The summed E-state index contributed by atoms with van der Waals surface area (Å²) in [7, 11) is 0. The second kappa shape index (κ2) is 8.32. The van der Waals surface area contributed by atoms with Crippen molar-refractivity contribution >= 4 is 17.3 Å². The number of thiocarbonyl (C=S) groups is 1. The van der Waals surface area contributed by atoms with Gasteiger partial charge in [0.1, 0.15) is 5.82 Å². The number of nitrogens with zero attached hydrogens (tertiary/aromatic N) is 3. The molecule has 31 heavy (non-hydrogen) atoms. The highest BCUT2D eigenvalue weighted by Gasteiger charge is 2.41. The Balaban J connectivity index is 1.61. The van der Waals surface area contributed by atoms with Crippen molar-refractivity contribution in [2.24, 2.45) is 0 Å². The molecular formula is C25H21FN4S. The number of aromatic nitrogens is 2. The van der Waals surface area contributed by atoms with Gasteiger partial charge in [-0.05, 0) is 60.2 Å². The SMILES string of the molecule is Fc1cccc(-n2cccc2C2C(c3ccccn3)NC(=S)N2Cc2ccccc2)c1. The fourth-order valence-electron chi connectivity index (χ4n) is 4.17.